The minimum Gasteiger partial charge on any atom is -0.478 e. The van der Waals surface area contributed by atoms with Gasteiger partial charge < -0.3 is 15.2 Å². The zero-order valence-electron chi connectivity index (χ0n) is 9.77. The molecule has 0 spiro atoms. The van der Waals surface area contributed by atoms with Gasteiger partial charge >= 0.3 is 11.9 Å². The van der Waals surface area contributed by atoms with Crippen LogP contribution in [0.15, 0.2) is 24.3 Å². The molecule has 1 atom stereocenters. The van der Waals surface area contributed by atoms with Crippen molar-refractivity contribution >= 4 is 11.9 Å². The van der Waals surface area contributed by atoms with E-state index < -0.39 is 12.0 Å². The lowest BCUT2D eigenvalue weighted by molar-refractivity contribution is -0.142. The number of carbonyl (C=O) groups excluding carboxylic acids is 1. The van der Waals surface area contributed by atoms with Crippen LogP contribution in [0.4, 0.5) is 0 Å². The Hall–Kier alpha value is -1.88. The molecule has 92 valence electrons. The van der Waals surface area contributed by atoms with Crippen LogP contribution < -0.4 is 5.32 Å². The number of carboxylic acids is 1. The lowest BCUT2D eigenvalue weighted by Crippen LogP contribution is -2.34. The highest BCUT2D eigenvalue weighted by molar-refractivity contribution is 5.87. The number of nitrogens with one attached hydrogen (secondary N) is 1. The van der Waals surface area contributed by atoms with E-state index in [4.69, 9.17) is 5.11 Å². The Balaban J connectivity index is 2.60. The fourth-order valence-corrected chi connectivity index (χ4v) is 1.35. The van der Waals surface area contributed by atoms with Crippen LogP contribution >= 0.6 is 0 Å². The predicted molar refractivity (Wildman–Crippen MR) is 61.7 cm³/mol. The van der Waals surface area contributed by atoms with Gasteiger partial charge in [-0.1, -0.05) is 12.1 Å². The van der Waals surface area contributed by atoms with Crippen LogP contribution in [-0.2, 0) is 16.1 Å². The van der Waals surface area contributed by atoms with E-state index in [0.29, 0.717) is 6.54 Å². The summed E-state index contributed by atoms with van der Waals surface area (Å²) in [4.78, 5) is 21.9. The van der Waals surface area contributed by atoms with Crippen molar-refractivity contribution in [1.29, 1.82) is 0 Å². The topological polar surface area (TPSA) is 75.6 Å². The van der Waals surface area contributed by atoms with Gasteiger partial charge in [0.05, 0.1) is 12.7 Å². The first kappa shape index (κ1) is 13.2. The van der Waals surface area contributed by atoms with Crippen molar-refractivity contribution in [1.82, 2.24) is 5.32 Å². The van der Waals surface area contributed by atoms with Crippen molar-refractivity contribution < 1.29 is 19.4 Å². The van der Waals surface area contributed by atoms with E-state index in [-0.39, 0.29) is 11.5 Å². The summed E-state index contributed by atoms with van der Waals surface area (Å²) >= 11 is 0. The summed E-state index contributed by atoms with van der Waals surface area (Å²) in [5.74, 6) is -1.31. The Bertz CT molecular complexity index is 417. The smallest absolute Gasteiger partial charge is 0.335 e. The number of aromatic carboxylic acids is 1. The lowest BCUT2D eigenvalue weighted by atomic mass is 10.1. The number of ether oxygens (including phenoxy) is 1. The van der Waals surface area contributed by atoms with Gasteiger partial charge in [-0.05, 0) is 24.6 Å². The zero-order chi connectivity index (χ0) is 12.8. The fourth-order valence-electron chi connectivity index (χ4n) is 1.35. The molecule has 0 amide bonds. The minimum absolute atomic E-state index is 0.232. The first-order valence-electron chi connectivity index (χ1n) is 5.18. The number of benzene rings is 1. The van der Waals surface area contributed by atoms with Crippen molar-refractivity contribution in [2.75, 3.05) is 7.11 Å². The minimum atomic E-state index is -0.965. The van der Waals surface area contributed by atoms with Crippen LogP contribution in [-0.4, -0.2) is 30.2 Å². The summed E-state index contributed by atoms with van der Waals surface area (Å²) in [6.07, 6.45) is 0. The van der Waals surface area contributed by atoms with E-state index in [1.54, 1.807) is 25.1 Å². The largest absolute Gasteiger partial charge is 0.478 e. The molecule has 0 aromatic heterocycles. The molecule has 0 aliphatic carbocycles. The van der Waals surface area contributed by atoms with E-state index in [1.807, 2.05) is 0 Å². The van der Waals surface area contributed by atoms with Crippen molar-refractivity contribution in [2.45, 2.75) is 19.5 Å². The molecule has 1 aromatic carbocycles. The molecule has 0 saturated heterocycles. The van der Waals surface area contributed by atoms with Gasteiger partial charge in [0.2, 0.25) is 0 Å². The maximum absolute atomic E-state index is 11.1. The van der Waals surface area contributed by atoms with Gasteiger partial charge in [0.15, 0.2) is 0 Å². The number of carbonyl (C=O) groups is 2. The zero-order valence-corrected chi connectivity index (χ0v) is 9.77. The highest BCUT2D eigenvalue weighted by atomic mass is 16.5. The summed E-state index contributed by atoms with van der Waals surface area (Å²) in [7, 11) is 1.32. The van der Waals surface area contributed by atoms with Crippen LogP contribution in [0.1, 0.15) is 22.8 Å². The van der Waals surface area contributed by atoms with Crippen LogP contribution in [0, 0.1) is 0 Å². The fraction of sp³-hybridized carbons (Fsp3) is 0.333. The maximum Gasteiger partial charge on any atom is 0.335 e. The second-order valence-electron chi connectivity index (χ2n) is 3.63. The molecular formula is C12H15NO4. The Labute approximate surface area is 99.4 Å². The summed E-state index contributed by atoms with van der Waals surface area (Å²) in [6, 6.07) is 6.13. The normalized spacial score (nSPS) is 11.9. The quantitative estimate of drug-likeness (QED) is 0.748. The van der Waals surface area contributed by atoms with Crippen LogP contribution in [0.2, 0.25) is 0 Å². The maximum atomic E-state index is 11.1. The van der Waals surface area contributed by atoms with Crippen LogP contribution in [0.3, 0.4) is 0 Å². The average molecular weight is 237 g/mol. The van der Waals surface area contributed by atoms with Gasteiger partial charge in [0.1, 0.15) is 6.04 Å². The third-order valence-electron chi connectivity index (χ3n) is 2.34. The molecular weight excluding hydrogens is 222 g/mol. The molecule has 0 aliphatic rings. The first-order valence-corrected chi connectivity index (χ1v) is 5.18. The van der Waals surface area contributed by atoms with E-state index in [9.17, 15) is 9.59 Å². The van der Waals surface area contributed by atoms with Crippen molar-refractivity contribution in [2.24, 2.45) is 0 Å². The molecule has 5 heteroatoms. The van der Waals surface area contributed by atoms with Crippen molar-refractivity contribution in [3.63, 3.8) is 0 Å². The van der Waals surface area contributed by atoms with Gasteiger partial charge in [0, 0.05) is 6.54 Å². The highest BCUT2D eigenvalue weighted by Crippen LogP contribution is 2.05. The molecule has 0 aliphatic heterocycles. The summed E-state index contributed by atoms with van der Waals surface area (Å²) < 4.78 is 4.57. The van der Waals surface area contributed by atoms with Gasteiger partial charge in [-0.3, -0.25) is 4.79 Å². The van der Waals surface area contributed by atoms with E-state index in [2.05, 4.69) is 10.1 Å². The van der Waals surface area contributed by atoms with Crippen molar-refractivity contribution in [3.8, 4) is 0 Å². The molecule has 0 radical (unpaired) electrons. The molecule has 0 heterocycles. The van der Waals surface area contributed by atoms with Gasteiger partial charge in [-0.25, -0.2) is 4.79 Å². The van der Waals surface area contributed by atoms with Crippen LogP contribution in [0.25, 0.3) is 0 Å². The second-order valence-corrected chi connectivity index (χ2v) is 3.63. The number of hydrogen-bond acceptors (Lipinski definition) is 4. The Morgan fingerprint density at radius 3 is 2.76 bits per heavy atom. The molecule has 1 rings (SSSR count). The average Bonchev–Trinajstić information content (AvgIpc) is 2.35. The van der Waals surface area contributed by atoms with E-state index in [1.165, 1.54) is 13.2 Å². The van der Waals surface area contributed by atoms with Gasteiger partial charge in [0.25, 0.3) is 0 Å². The van der Waals surface area contributed by atoms with Gasteiger partial charge in [-0.2, -0.15) is 0 Å². The van der Waals surface area contributed by atoms with E-state index in [0.717, 1.165) is 5.56 Å². The molecule has 0 fully saturated rings. The summed E-state index contributed by atoms with van der Waals surface area (Å²) in [5, 5.41) is 11.8. The predicted octanol–water partition coefficient (Wildman–Crippen LogP) is 1.04. The summed E-state index contributed by atoms with van der Waals surface area (Å²) in [6.45, 7) is 2.10. The monoisotopic (exact) mass is 237 g/mol. The van der Waals surface area contributed by atoms with Crippen molar-refractivity contribution in [3.05, 3.63) is 35.4 Å². The molecule has 2 N–H and O–H groups in total. The number of esters is 1. The molecule has 0 saturated carbocycles. The van der Waals surface area contributed by atoms with Gasteiger partial charge in [-0.15, -0.1) is 0 Å². The molecule has 17 heavy (non-hydrogen) atoms. The van der Waals surface area contributed by atoms with E-state index >= 15 is 0 Å². The Morgan fingerprint density at radius 1 is 1.47 bits per heavy atom. The second kappa shape index (κ2) is 6.00. The lowest BCUT2D eigenvalue weighted by Gasteiger charge is -2.11. The number of rotatable bonds is 5. The summed E-state index contributed by atoms with van der Waals surface area (Å²) in [5.41, 5.74) is 1.04. The third-order valence-corrected chi connectivity index (χ3v) is 2.34. The number of hydrogen-bond donors (Lipinski definition) is 2. The standard InChI is InChI=1S/C12H15NO4/c1-8(12(16)17-2)13-7-9-4-3-5-10(6-9)11(14)15/h3-6,8,13H,7H2,1-2H3,(H,14,15). The number of carboxylic acid groups (broad SMARTS) is 1. The molecule has 0 bridgehead atoms. The molecule has 1 aromatic rings. The molecule has 5 nitrogen and oxygen atoms in total. The number of methoxy groups -OCH3 is 1. The first-order chi connectivity index (χ1) is 8.04. The molecule has 1 unspecified atom stereocenters. The highest BCUT2D eigenvalue weighted by Gasteiger charge is 2.12. The van der Waals surface area contributed by atoms with Crippen LogP contribution in [0.5, 0.6) is 0 Å². The Kier molecular flexibility index (Phi) is 4.66. The Morgan fingerprint density at radius 2 is 2.18 bits per heavy atom. The SMILES string of the molecule is COC(=O)C(C)NCc1cccc(C(=O)O)c1. The third kappa shape index (κ3) is 3.88.